The molecule has 140 valence electrons. The Morgan fingerprint density at radius 3 is 2.44 bits per heavy atom. The molecule has 2 aromatic carbocycles. The number of hydrazone groups is 1. The number of nitrogens with zero attached hydrogens (tertiary/aromatic N) is 1. The van der Waals surface area contributed by atoms with Crippen LogP contribution in [0.25, 0.3) is 0 Å². The Morgan fingerprint density at radius 2 is 1.78 bits per heavy atom. The molecule has 0 heterocycles. The number of aryl methyl sites for hydroxylation is 1. The summed E-state index contributed by atoms with van der Waals surface area (Å²) in [6.45, 7) is 1.52. The minimum absolute atomic E-state index is 0.396. The van der Waals surface area contributed by atoms with Gasteiger partial charge in [0.15, 0.2) is 6.61 Å². The number of hydrogen-bond acceptors (Lipinski definition) is 5. The molecule has 0 saturated heterocycles. The van der Waals surface area contributed by atoms with E-state index in [0.717, 1.165) is 12.0 Å². The molecule has 0 fully saturated rings. The van der Waals surface area contributed by atoms with Crippen molar-refractivity contribution in [2.75, 3.05) is 11.9 Å². The van der Waals surface area contributed by atoms with Crippen LogP contribution < -0.4 is 15.5 Å². The van der Waals surface area contributed by atoms with Gasteiger partial charge < -0.3 is 15.2 Å². The highest BCUT2D eigenvalue weighted by atomic mass is 16.5. The van der Waals surface area contributed by atoms with Gasteiger partial charge in [0.05, 0.1) is 6.21 Å². The zero-order valence-electron chi connectivity index (χ0n) is 14.6. The molecule has 0 atom stereocenters. The predicted molar refractivity (Wildman–Crippen MR) is 99.8 cm³/mol. The maximum Gasteiger partial charge on any atom is 0.341 e. The van der Waals surface area contributed by atoms with E-state index >= 15 is 0 Å². The van der Waals surface area contributed by atoms with Crippen LogP contribution >= 0.6 is 0 Å². The molecule has 0 spiro atoms. The van der Waals surface area contributed by atoms with Gasteiger partial charge in [0.25, 0.3) is 0 Å². The number of anilines is 1. The molecule has 27 heavy (non-hydrogen) atoms. The quantitative estimate of drug-likeness (QED) is 0.391. The largest absolute Gasteiger partial charge is 0.482 e. The maximum absolute atomic E-state index is 11.9. The number of rotatable bonds is 7. The number of amides is 2. The molecule has 0 bridgehead atoms. The Kier molecular flexibility index (Phi) is 7.07. The Bertz CT molecular complexity index is 847. The smallest absolute Gasteiger partial charge is 0.341 e. The third-order valence-electron chi connectivity index (χ3n) is 3.47. The van der Waals surface area contributed by atoms with Gasteiger partial charge in [-0.05, 0) is 47.9 Å². The summed E-state index contributed by atoms with van der Waals surface area (Å²) in [5.41, 5.74) is 4.29. The fourth-order valence-electron chi connectivity index (χ4n) is 2.14. The second-order valence-electron chi connectivity index (χ2n) is 5.42. The zero-order valence-corrected chi connectivity index (χ0v) is 14.6. The van der Waals surface area contributed by atoms with E-state index in [4.69, 9.17) is 9.84 Å². The predicted octanol–water partition coefficient (Wildman–Crippen LogP) is 1.80. The summed E-state index contributed by atoms with van der Waals surface area (Å²) in [5.74, 6) is -2.38. The van der Waals surface area contributed by atoms with Crippen molar-refractivity contribution < 1.29 is 24.2 Å². The first-order valence-electron chi connectivity index (χ1n) is 8.16. The third kappa shape index (κ3) is 6.28. The van der Waals surface area contributed by atoms with E-state index in [1.165, 1.54) is 6.21 Å². The molecule has 0 aliphatic rings. The zero-order chi connectivity index (χ0) is 19.6. The Labute approximate surface area is 155 Å². The van der Waals surface area contributed by atoms with Crippen LogP contribution in [0.1, 0.15) is 18.1 Å². The fraction of sp³-hybridized carbons (Fsp3) is 0.158. The lowest BCUT2D eigenvalue weighted by Gasteiger charge is -2.08. The topological polar surface area (TPSA) is 117 Å². The van der Waals surface area contributed by atoms with Crippen molar-refractivity contribution in [3.05, 3.63) is 59.7 Å². The molecular formula is C19H19N3O5. The Balaban J connectivity index is 1.87. The number of nitrogens with one attached hydrogen (secondary N) is 2. The number of benzene rings is 2. The highest BCUT2D eigenvalue weighted by molar-refractivity contribution is 6.39. The normalized spacial score (nSPS) is 10.4. The fourth-order valence-corrected chi connectivity index (χ4v) is 2.14. The van der Waals surface area contributed by atoms with Crippen LogP contribution in [0.3, 0.4) is 0 Å². The summed E-state index contributed by atoms with van der Waals surface area (Å²) in [5, 5.41) is 14.8. The molecule has 2 aromatic rings. The molecule has 0 aliphatic heterocycles. The van der Waals surface area contributed by atoms with Crippen LogP contribution in [0, 0.1) is 0 Å². The Morgan fingerprint density at radius 1 is 1.07 bits per heavy atom. The average molecular weight is 369 g/mol. The molecule has 2 amide bonds. The van der Waals surface area contributed by atoms with Crippen molar-refractivity contribution in [3.63, 3.8) is 0 Å². The number of para-hydroxylation sites is 1. The summed E-state index contributed by atoms with van der Waals surface area (Å²) < 4.78 is 5.01. The first kappa shape index (κ1) is 19.6. The summed E-state index contributed by atoms with van der Waals surface area (Å²) in [6, 6.07) is 13.6. The number of carbonyl (C=O) groups is 3. The van der Waals surface area contributed by atoms with E-state index in [-0.39, 0.29) is 0 Å². The summed E-state index contributed by atoms with van der Waals surface area (Å²) in [4.78, 5) is 34.2. The van der Waals surface area contributed by atoms with Gasteiger partial charge in [-0.25, -0.2) is 10.2 Å². The van der Waals surface area contributed by atoms with Crippen LogP contribution in [0.2, 0.25) is 0 Å². The van der Waals surface area contributed by atoms with E-state index in [1.807, 2.05) is 19.1 Å². The molecule has 0 radical (unpaired) electrons. The summed E-state index contributed by atoms with van der Waals surface area (Å²) in [7, 11) is 0. The van der Waals surface area contributed by atoms with Crippen LogP contribution in [-0.2, 0) is 20.8 Å². The Hall–Kier alpha value is -3.68. The van der Waals surface area contributed by atoms with Crippen molar-refractivity contribution in [2.45, 2.75) is 13.3 Å². The minimum Gasteiger partial charge on any atom is -0.482 e. The lowest BCUT2D eigenvalue weighted by atomic mass is 10.1. The average Bonchev–Trinajstić information content (AvgIpc) is 2.67. The van der Waals surface area contributed by atoms with E-state index in [0.29, 0.717) is 17.0 Å². The van der Waals surface area contributed by atoms with Gasteiger partial charge in [-0.3, -0.25) is 9.59 Å². The number of carbonyl (C=O) groups excluding carboxylic acids is 2. The number of carboxylic acids is 1. The number of ether oxygens (including phenoxy) is 1. The highest BCUT2D eigenvalue weighted by Gasteiger charge is 2.14. The van der Waals surface area contributed by atoms with E-state index in [1.54, 1.807) is 36.4 Å². The van der Waals surface area contributed by atoms with E-state index < -0.39 is 24.4 Å². The maximum atomic E-state index is 11.9. The molecule has 3 N–H and O–H groups in total. The van der Waals surface area contributed by atoms with Crippen LogP contribution in [0.5, 0.6) is 5.75 Å². The van der Waals surface area contributed by atoms with Gasteiger partial charge in [-0.2, -0.15) is 5.10 Å². The van der Waals surface area contributed by atoms with Crippen LogP contribution in [0.4, 0.5) is 5.69 Å². The molecule has 0 saturated carbocycles. The lowest BCUT2D eigenvalue weighted by molar-refractivity contribution is -0.139. The lowest BCUT2D eigenvalue weighted by Crippen LogP contribution is -2.32. The second-order valence-corrected chi connectivity index (χ2v) is 5.42. The van der Waals surface area contributed by atoms with Crippen LogP contribution in [0.15, 0.2) is 53.6 Å². The third-order valence-corrected chi connectivity index (χ3v) is 3.47. The van der Waals surface area contributed by atoms with E-state index in [2.05, 4.69) is 15.8 Å². The van der Waals surface area contributed by atoms with Gasteiger partial charge in [-0.15, -0.1) is 0 Å². The summed E-state index contributed by atoms with van der Waals surface area (Å²) >= 11 is 0. The highest BCUT2D eigenvalue weighted by Crippen LogP contribution is 2.15. The molecule has 8 nitrogen and oxygen atoms in total. The van der Waals surface area contributed by atoms with Gasteiger partial charge in [0, 0.05) is 5.69 Å². The second kappa shape index (κ2) is 9.71. The molecule has 0 aromatic heterocycles. The minimum atomic E-state index is -1.07. The van der Waals surface area contributed by atoms with Gasteiger partial charge in [-0.1, -0.05) is 25.1 Å². The molecular weight excluding hydrogens is 350 g/mol. The van der Waals surface area contributed by atoms with Gasteiger partial charge in [0.1, 0.15) is 5.75 Å². The molecule has 0 unspecified atom stereocenters. The van der Waals surface area contributed by atoms with Crippen molar-refractivity contribution in [1.29, 1.82) is 0 Å². The van der Waals surface area contributed by atoms with Gasteiger partial charge >= 0.3 is 17.8 Å². The summed E-state index contributed by atoms with van der Waals surface area (Å²) in [6.07, 6.45) is 2.08. The molecule has 8 heteroatoms. The standard InChI is InChI=1S/C19H19N3O5/c1-2-14-5-3-4-6-16(14)21-18(25)19(26)22-20-11-13-7-9-15(10-8-13)27-12-17(23)24/h3-11H,2,12H2,1H3,(H,21,25)(H,22,26)(H,23,24)/b20-11-. The van der Waals surface area contributed by atoms with Crippen molar-refractivity contribution in [1.82, 2.24) is 5.43 Å². The van der Waals surface area contributed by atoms with Crippen molar-refractivity contribution >= 4 is 29.7 Å². The number of aliphatic carboxylic acids is 1. The SMILES string of the molecule is CCc1ccccc1NC(=O)C(=O)N/N=C\c1ccc(OCC(=O)O)cc1. The van der Waals surface area contributed by atoms with Crippen LogP contribution in [-0.4, -0.2) is 35.7 Å². The van der Waals surface area contributed by atoms with E-state index in [9.17, 15) is 14.4 Å². The van der Waals surface area contributed by atoms with Crippen molar-refractivity contribution in [3.8, 4) is 5.75 Å². The van der Waals surface area contributed by atoms with Gasteiger partial charge in [0.2, 0.25) is 0 Å². The van der Waals surface area contributed by atoms with Crippen molar-refractivity contribution in [2.24, 2.45) is 5.10 Å². The first-order valence-corrected chi connectivity index (χ1v) is 8.16. The monoisotopic (exact) mass is 369 g/mol. The first-order chi connectivity index (χ1) is 13.0. The number of hydrogen-bond donors (Lipinski definition) is 3. The molecule has 0 aliphatic carbocycles. The number of carboxylic acid groups (broad SMARTS) is 1. The molecule has 2 rings (SSSR count).